The van der Waals surface area contributed by atoms with Gasteiger partial charge in [-0.1, -0.05) is 0 Å². The molecular formula is C12H21NO3S. The van der Waals surface area contributed by atoms with E-state index >= 15 is 0 Å². The van der Waals surface area contributed by atoms with Crippen molar-refractivity contribution in [3.63, 3.8) is 0 Å². The molecule has 2 saturated heterocycles. The molecule has 98 valence electrons. The fourth-order valence-corrected chi connectivity index (χ4v) is 3.88. The van der Waals surface area contributed by atoms with Crippen LogP contribution < -0.4 is 5.32 Å². The Hall–Kier alpha value is -0.260. The summed E-state index contributed by atoms with van der Waals surface area (Å²) in [5.41, 5.74) is 0.0786. The first-order valence-corrected chi connectivity index (χ1v) is 7.50. The van der Waals surface area contributed by atoms with E-state index in [4.69, 9.17) is 9.47 Å². The number of thioether (sulfide) groups is 1. The third-order valence-corrected chi connectivity index (χ3v) is 4.62. The molecule has 17 heavy (non-hydrogen) atoms. The monoisotopic (exact) mass is 259 g/mol. The van der Waals surface area contributed by atoms with Gasteiger partial charge in [-0.15, -0.1) is 0 Å². The van der Waals surface area contributed by atoms with E-state index in [1.54, 1.807) is 0 Å². The van der Waals surface area contributed by atoms with Crippen LogP contribution in [0.5, 0.6) is 0 Å². The van der Waals surface area contributed by atoms with Gasteiger partial charge in [0.1, 0.15) is 0 Å². The molecule has 0 aliphatic carbocycles. The van der Waals surface area contributed by atoms with Crippen molar-refractivity contribution >= 4 is 17.7 Å². The van der Waals surface area contributed by atoms with Crippen LogP contribution in [0.4, 0.5) is 0 Å². The van der Waals surface area contributed by atoms with E-state index < -0.39 is 0 Å². The quantitative estimate of drug-likeness (QED) is 0.769. The molecule has 5 heteroatoms. The van der Waals surface area contributed by atoms with Gasteiger partial charge in [0.05, 0.1) is 18.8 Å². The highest BCUT2D eigenvalue weighted by Crippen LogP contribution is 2.38. The minimum atomic E-state index is -0.158. The number of carbonyl (C=O) groups is 1. The van der Waals surface area contributed by atoms with E-state index in [9.17, 15) is 4.79 Å². The van der Waals surface area contributed by atoms with Gasteiger partial charge < -0.3 is 14.8 Å². The zero-order chi connectivity index (χ0) is 12.1. The average Bonchev–Trinajstić information content (AvgIpc) is 2.75. The lowest BCUT2D eigenvalue weighted by molar-refractivity contribution is -0.142. The van der Waals surface area contributed by atoms with Crippen molar-refractivity contribution in [2.24, 2.45) is 0 Å². The Balaban J connectivity index is 1.75. The van der Waals surface area contributed by atoms with Crippen molar-refractivity contribution in [2.75, 3.05) is 31.3 Å². The summed E-state index contributed by atoms with van der Waals surface area (Å²) >= 11 is 1.97. The van der Waals surface area contributed by atoms with E-state index in [0.29, 0.717) is 19.2 Å². The lowest BCUT2D eigenvalue weighted by atomic mass is 9.90. The first kappa shape index (κ1) is 13.2. The van der Waals surface area contributed by atoms with Crippen LogP contribution in [-0.2, 0) is 14.3 Å². The van der Waals surface area contributed by atoms with E-state index in [-0.39, 0.29) is 11.6 Å². The third-order valence-electron chi connectivity index (χ3n) is 3.40. The van der Waals surface area contributed by atoms with E-state index in [1.807, 2.05) is 18.7 Å². The first-order valence-electron chi connectivity index (χ1n) is 6.35. The molecule has 2 rings (SSSR count). The van der Waals surface area contributed by atoms with Gasteiger partial charge in [-0.2, -0.15) is 11.8 Å². The van der Waals surface area contributed by atoms with Gasteiger partial charge in [-0.3, -0.25) is 4.79 Å². The standard InChI is InChI=1S/C12H21NO3S/c1-2-15-11(14)8-13-10-3-5-16-12(7-10)4-6-17-9-12/h10,13H,2-9H2,1H3. The van der Waals surface area contributed by atoms with Crippen molar-refractivity contribution < 1.29 is 14.3 Å². The van der Waals surface area contributed by atoms with Crippen LogP contribution in [-0.4, -0.2) is 48.9 Å². The molecule has 0 amide bonds. The summed E-state index contributed by atoms with van der Waals surface area (Å²) in [4.78, 5) is 11.3. The largest absolute Gasteiger partial charge is 0.465 e. The molecule has 1 spiro atoms. The summed E-state index contributed by atoms with van der Waals surface area (Å²) in [6.07, 6.45) is 3.17. The van der Waals surface area contributed by atoms with Crippen LogP contribution in [0.2, 0.25) is 0 Å². The highest BCUT2D eigenvalue weighted by molar-refractivity contribution is 7.99. The highest BCUT2D eigenvalue weighted by Gasteiger charge is 2.40. The molecule has 0 aromatic carbocycles. The SMILES string of the molecule is CCOC(=O)CNC1CCOC2(CCSC2)C1. The Labute approximate surface area is 107 Å². The van der Waals surface area contributed by atoms with E-state index in [2.05, 4.69) is 5.32 Å². The number of nitrogens with one attached hydrogen (secondary N) is 1. The molecule has 4 nitrogen and oxygen atoms in total. The van der Waals surface area contributed by atoms with Crippen molar-refractivity contribution in [1.29, 1.82) is 0 Å². The molecule has 0 aromatic rings. The van der Waals surface area contributed by atoms with Gasteiger partial charge in [0, 0.05) is 18.4 Å². The van der Waals surface area contributed by atoms with Crippen molar-refractivity contribution in [3.05, 3.63) is 0 Å². The van der Waals surface area contributed by atoms with E-state index in [0.717, 1.165) is 31.6 Å². The van der Waals surface area contributed by atoms with Crippen molar-refractivity contribution in [1.82, 2.24) is 5.32 Å². The van der Waals surface area contributed by atoms with Gasteiger partial charge >= 0.3 is 5.97 Å². The fraction of sp³-hybridized carbons (Fsp3) is 0.917. The predicted octanol–water partition coefficient (Wildman–Crippen LogP) is 1.19. The lowest BCUT2D eigenvalue weighted by Crippen LogP contribution is -2.48. The Kier molecular flexibility index (Phi) is 4.70. The molecular weight excluding hydrogens is 238 g/mol. The minimum absolute atomic E-state index is 0.0786. The maximum absolute atomic E-state index is 11.3. The number of carbonyl (C=O) groups excluding carboxylic acids is 1. The molecule has 0 radical (unpaired) electrons. The van der Waals surface area contributed by atoms with Crippen LogP contribution in [0.25, 0.3) is 0 Å². The van der Waals surface area contributed by atoms with Gasteiger partial charge in [0.25, 0.3) is 0 Å². The molecule has 0 bridgehead atoms. The topological polar surface area (TPSA) is 47.6 Å². The summed E-state index contributed by atoms with van der Waals surface area (Å²) in [6.45, 7) is 3.41. The zero-order valence-electron chi connectivity index (χ0n) is 10.4. The second-order valence-electron chi connectivity index (χ2n) is 4.71. The van der Waals surface area contributed by atoms with Gasteiger partial charge in [0.2, 0.25) is 0 Å². The minimum Gasteiger partial charge on any atom is -0.465 e. The molecule has 1 N–H and O–H groups in total. The smallest absolute Gasteiger partial charge is 0.319 e. The Morgan fingerprint density at radius 3 is 3.24 bits per heavy atom. The summed E-state index contributed by atoms with van der Waals surface area (Å²) in [6, 6.07) is 0.395. The van der Waals surface area contributed by atoms with Crippen LogP contribution in [0.3, 0.4) is 0 Å². The number of hydrogen-bond donors (Lipinski definition) is 1. The number of ether oxygens (including phenoxy) is 2. The molecule has 2 heterocycles. The molecule has 2 unspecified atom stereocenters. The second-order valence-corrected chi connectivity index (χ2v) is 5.81. The highest BCUT2D eigenvalue weighted by atomic mass is 32.2. The summed E-state index contributed by atoms with van der Waals surface area (Å²) < 4.78 is 10.8. The number of hydrogen-bond acceptors (Lipinski definition) is 5. The Morgan fingerprint density at radius 1 is 1.65 bits per heavy atom. The van der Waals surface area contributed by atoms with Crippen molar-refractivity contribution in [2.45, 2.75) is 37.8 Å². The molecule has 0 aromatic heterocycles. The fourth-order valence-electron chi connectivity index (χ4n) is 2.50. The van der Waals surface area contributed by atoms with Crippen LogP contribution in [0.15, 0.2) is 0 Å². The summed E-state index contributed by atoms with van der Waals surface area (Å²) in [5, 5.41) is 3.29. The Morgan fingerprint density at radius 2 is 2.53 bits per heavy atom. The first-order chi connectivity index (χ1) is 8.24. The predicted molar refractivity (Wildman–Crippen MR) is 68.3 cm³/mol. The number of rotatable bonds is 4. The maximum atomic E-state index is 11.3. The molecule has 2 aliphatic heterocycles. The van der Waals surface area contributed by atoms with Crippen LogP contribution in [0.1, 0.15) is 26.2 Å². The summed E-state index contributed by atoms with van der Waals surface area (Å²) in [7, 11) is 0. The second kappa shape index (κ2) is 6.07. The maximum Gasteiger partial charge on any atom is 0.319 e. The lowest BCUT2D eigenvalue weighted by Gasteiger charge is -2.38. The summed E-state index contributed by atoms with van der Waals surface area (Å²) in [5.74, 6) is 2.14. The van der Waals surface area contributed by atoms with Crippen molar-refractivity contribution in [3.8, 4) is 0 Å². The molecule has 0 saturated carbocycles. The van der Waals surface area contributed by atoms with E-state index in [1.165, 1.54) is 5.75 Å². The molecule has 2 fully saturated rings. The van der Waals surface area contributed by atoms with Crippen LogP contribution in [0, 0.1) is 0 Å². The zero-order valence-corrected chi connectivity index (χ0v) is 11.2. The normalized spacial score (nSPS) is 32.9. The third kappa shape index (κ3) is 3.60. The van der Waals surface area contributed by atoms with Crippen LogP contribution >= 0.6 is 11.8 Å². The Bertz CT molecular complexity index is 266. The molecule has 2 atom stereocenters. The average molecular weight is 259 g/mol. The van der Waals surface area contributed by atoms with Gasteiger partial charge in [-0.05, 0) is 31.9 Å². The van der Waals surface area contributed by atoms with Gasteiger partial charge in [0.15, 0.2) is 0 Å². The molecule has 2 aliphatic rings. The number of esters is 1. The van der Waals surface area contributed by atoms with Gasteiger partial charge in [-0.25, -0.2) is 0 Å².